The van der Waals surface area contributed by atoms with Crippen molar-refractivity contribution in [2.24, 2.45) is 5.92 Å². The summed E-state index contributed by atoms with van der Waals surface area (Å²) in [6.07, 6.45) is 0.870. The molecule has 0 spiro atoms. The average molecular weight is 485 g/mol. The highest BCUT2D eigenvalue weighted by Crippen LogP contribution is 2.32. The van der Waals surface area contributed by atoms with Gasteiger partial charge in [-0.1, -0.05) is 29.3 Å². The Morgan fingerprint density at radius 1 is 1.03 bits per heavy atom. The molecule has 2 aliphatic heterocycles. The first kappa shape index (κ1) is 22.2. The molecular formula is C21H22Cl2N2O5S. The molecule has 7 nitrogen and oxygen atoms in total. The van der Waals surface area contributed by atoms with Gasteiger partial charge in [-0.3, -0.25) is 4.79 Å². The second-order valence-corrected chi connectivity index (χ2v) is 10.2. The number of hydrogen-bond donors (Lipinski definition) is 1. The summed E-state index contributed by atoms with van der Waals surface area (Å²) in [6.45, 7) is 1.89. The fourth-order valence-corrected chi connectivity index (χ4v) is 5.91. The number of nitrogens with one attached hydrogen (secondary N) is 1. The van der Waals surface area contributed by atoms with Crippen molar-refractivity contribution in [1.29, 1.82) is 0 Å². The van der Waals surface area contributed by atoms with Crippen LogP contribution in [-0.4, -0.2) is 44.9 Å². The van der Waals surface area contributed by atoms with Crippen LogP contribution in [-0.2, 0) is 21.4 Å². The summed E-state index contributed by atoms with van der Waals surface area (Å²) < 4.78 is 38.3. The van der Waals surface area contributed by atoms with Crippen molar-refractivity contribution in [1.82, 2.24) is 9.62 Å². The first-order chi connectivity index (χ1) is 14.8. The summed E-state index contributed by atoms with van der Waals surface area (Å²) in [5.41, 5.74) is 0.910. The van der Waals surface area contributed by atoms with Crippen LogP contribution >= 0.6 is 23.2 Å². The number of nitrogens with zero attached hydrogens (tertiary/aromatic N) is 1. The van der Waals surface area contributed by atoms with Crippen molar-refractivity contribution in [3.05, 3.63) is 52.0 Å². The van der Waals surface area contributed by atoms with Crippen LogP contribution in [0.4, 0.5) is 0 Å². The number of amides is 1. The Bertz CT molecular complexity index is 1090. The molecule has 1 saturated heterocycles. The van der Waals surface area contributed by atoms with E-state index in [1.165, 1.54) is 16.4 Å². The third-order valence-electron chi connectivity index (χ3n) is 5.41. The minimum Gasteiger partial charge on any atom is -0.486 e. The number of sulfonamides is 1. The maximum atomic E-state index is 12.9. The Morgan fingerprint density at radius 2 is 1.74 bits per heavy atom. The number of ether oxygens (including phenoxy) is 2. The van der Waals surface area contributed by atoms with E-state index in [1.807, 2.05) is 18.2 Å². The van der Waals surface area contributed by atoms with Crippen LogP contribution in [0.2, 0.25) is 10.0 Å². The number of benzene rings is 2. The van der Waals surface area contributed by atoms with Crippen LogP contribution < -0.4 is 14.8 Å². The molecule has 166 valence electrons. The van der Waals surface area contributed by atoms with E-state index in [9.17, 15) is 13.2 Å². The molecule has 0 saturated carbocycles. The minimum absolute atomic E-state index is 0.0109. The number of halogens is 2. The van der Waals surface area contributed by atoms with Crippen LogP contribution in [0, 0.1) is 5.92 Å². The largest absolute Gasteiger partial charge is 0.486 e. The van der Waals surface area contributed by atoms with Gasteiger partial charge in [0.1, 0.15) is 18.1 Å². The Labute approximate surface area is 191 Å². The Hall–Kier alpha value is -2.00. The van der Waals surface area contributed by atoms with Crippen LogP contribution in [0.25, 0.3) is 0 Å². The first-order valence-electron chi connectivity index (χ1n) is 9.96. The maximum absolute atomic E-state index is 12.9. The summed E-state index contributed by atoms with van der Waals surface area (Å²) in [7, 11) is -3.77. The zero-order chi connectivity index (χ0) is 22.0. The highest BCUT2D eigenvalue weighted by Gasteiger charge is 2.33. The van der Waals surface area contributed by atoms with E-state index < -0.39 is 10.0 Å². The van der Waals surface area contributed by atoms with Crippen LogP contribution in [0.5, 0.6) is 11.5 Å². The lowest BCUT2D eigenvalue weighted by atomic mass is 9.97. The predicted octanol–water partition coefficient (Wildman–Crippen LogP) is 3.48. The first-order valence-corrected chi connectivity index (χ1v) is 12.2. The SMILES string of the molecule is O=C(NCc1ccc2c(c1)OCCO2)C1CCN(S(=O)(=O)c2cc(Cl)ccc2Cl)CC1. The number of hydrogen-bond acceptors (Lipinski definition) is 5. The van der Waals surface area contributed by atoms with E-state index >= 15 is 0 Å². The molecule has 0 atom stereocenters. The minimum atomic E-state index is -3.77. The monoisotopic (exact) mass is 484 g/mol. The van der Waals surface area contributed by atoms with E-state index in [2.05, 4.69) is 5.32 Å². The van der Waals surface area contributed by atoms with E-state index in [1.54, 1.807) is 6.07 Å². The molecule has 1 N–H and O–H groups in total. The van der Waals surface area contributed by atoms with Gasteiger partial charge in [0.25, 0.3) is 0 Å². The predicted molar refractivity (Wildman–Crippen MR) is 117 cm³/mol. The van der Waals surface area contributed by atoms with Gasteiger partial charge in [0.15, 0.2) is 11.5 Å². The molecular weight excluding hydrogens is 463 g/mol. The second-order valence-electron chi connectivity index (χ2n) is 7.45. The van der Waals surface area contributed by atoms with E-state index in [0.29, 0.717) is 49.1 Å². The molecule has 0 bridgehead atoms. The number of rotatable bonds is 5. The molecule has 0 unspecified atom stereocenters. The zero-order valence-corrected chi connectivity index (χ0v) is 19.0. The van der Waals surface area contributed by atoms with Gasteiger partial charge in [-0.15, -0.1) is 0 Å². The van der Waals surface area contributed by atoms with Crippen LogP contribution in [0.15, 0.2) is 41.3 Å². The normalized spacial score (nSPS) is 17.4. The quantitative estimate of drug-likeness (QED) is 0.701. The van der Waals surface area contributed by atoms with Crippen molar-refractivity contribution in [2.75, 3.05) is 26.3 Å². The van der Waals surface area contributed by atoms with E-state index in [0.717, 1.165) is 5.56 Å². The average Bonchev–Trinajstić information content (AvgIpc) is 2.79. The van der Waals surface area contributed by atoms with Crippen LogP contribution in [0.1, 0.15) is 18.4 Å². The molecule has 0 aromatic heterocycles. The Morgan fingerprint density at radius 3 is 2.48 bits per heavy atom. The van der Waals surface area contributed by atoms with Gasteiger partial charge < -0.3 is 14.8 Å². The molecule has 2 aliphatic rings. The van der Waals surface area contributed by atoms with E-state index in [-0.39, 0.29) is 34.8 Å². The molecule has 31 heavy (non-hydrogen) atoms. The van der Waals surface area contributed by atoms with Gasteiger partial charge in [-0.05, 0) is 48.7 Å². The van der Waals surface area contributed by atoms with Crippen molar-refractivity contribution < 1.29 is 22.7 Å². The lowest BCUT2D eigenvalue weighted by Gasteiger charge is -2.30. The molecule has 1 amide bonds. The van der Waals surface area contributed by atoms with Crippen molar-refractivity contribution in [2.45, 2.75) is 24.3 Å². The molecule has 10 heteroatoms. The second kappa shape index (κ2) is 9.24. The Balaban J connectivity index is 1.33. The molecule has 4 rings (SSSR count). The van der Waals surface area contributed by atoms with Gasteiger partial charge >= 0.3 is 0 Å². The van der Waals surface area contributed by atoms with Crippen molar-refractivity contribution in [3.8, 4) is 11.5 Å². The summed E-state index contributed by atoms with van der Waals surface area (Å²) in [5.74, 6) is 1.04. The number of fused-ring (bicyclic) bond motifs is 1. The highest BCUT2D eigenvalue weighted by atomic mass is 35.5. The van der Waals surface area contributed by atoms with Gasteiger partial charge in [-0.2, -0.15) is 4.31 Å². The zero-order valence-electron chi connectivity index (χ0n) is 16.6. The summed E-state index contributed by atoms with van der Waals surface area (Å²) in [6, 6.07) is 9.94. The summed E-state index contributed by atoms with van der Waals surface area (Å²) in [4.78, 5) is 12.6. The number of piperidine rings is 1. The third-order valence-corrected chi connectivity index (χ3v) is 8.02. The van der Waals surface area contributed by atoms with Gasteiger partial charge in [-0.25, -0.2) is 8.42 Å². The van der Waals surface area contributed by atoms with Gasteiger partial charge in [0.05, 0.1) is 5.02 Å². The Kier molecular flexibility index (Phi) is 6.62. The van der Waals surface area contributed by atoms with Gasteiger partial charge in [0, 0.05) is 30.6 Å². The molecule has 2 aromatic rings. The topological polar surface area (TPSA) is 84.9 Å². The third kappa shape index (κ3) is 4.92. The van der Waals surface area contributed by atoms with Crippen molar-refractivity contribution in [3.63, 3.8) is 0 Å². The lowest BCUT2D eigenvalue weighted by molar-refractivity contribution is -0.126. The lowest BCUT2D eigenvalue weighted by Crippen LogP contribution is -2.42. The summed E-state index contributed by atoms with van der Waals surface area (Å²) >= 11 is 12.0. The van der Waals surface area contributed by atoms with Crippen molar-refractivity contribution >= 4 is 39.1 Å². The number of carbonyl (C=O) groups is 1. The van der Waals surface area contributed by atoms with E-state index in [4.69, 9.17) is 32.7 Å². The fourth-order valence-electron chi connectivity index (χ4n) is 3.70. The van der Waals surface area contributed by atoms with Crippen LogP contribution in [0.3, 0.4) is 0 Å². The molecule has 1 fully saturated rings. The maximum Gasteiger partial charge on any atom is 0.244 e. The smallest absolute Gasteiger partial charge is 0.244 e. The summed E-state index contributed by atoms with van der Waals surface area (Å²) in [5, 5.41) is 3.37. The number of carbonyl (C=O) groups excluding carboxylic acids is 1. The molecule has 0 radical (unpaired) electrons. The molecule has 0 aliphatic carbocycles. The standard InChI is InChI=1S/C21H22Cl2N2O5S/c22-16-2-3-17(23)20(12-16)31(27,28)25-7-5-15(6-8-25)21(26)24-13-14-1-4-18-19(11-14)30-10-9-29-18/h1-4,11-12,15H,5-10,13H2,(H,24,26). The van der Waals surface area contributed by atoms with Gasteiger partial charge in [0.2, 0.25) is 15.9 Å². The highest BCUT2D eigenvalue weighted by molar-refractivity contribution is 7.89. The molecule has 2 aromatic carbocycles. The molecule has 2 heterocycles. The fraction of sp³-hybridized carbons (Fsp3) is 0.381.